The Morgan fingerprint density at radius 1 is 1.25 bits per heavy atom. The summed E-state index contributed by atoms with van der Waals surface area (Å²) >= 11 is 0. The molecule has 0 aliphatic carbocycles. The number of likely N-dealkylation sites (N-methyl/N-ethyl adjacent to an activating group) is 1. The monoisotopic (exact) mass is 167 g/mol. The summed E-state index contributed by atoms with van der Waals surface area (Å²) in [5.41, 5.74) is 0. The number of nitrogens with zero attached hydrogens (tertiary/aromatic N) is 1. The maximum absolute atomic E-state index is 8.39. The SMILES string of the molecule is C[N+](C)(C)CCO.[Cu+2]. The first-order valence-electron chi connectivity index (χ1n) is 2.47. The van der Waals surface area contributed by atoms with Crippen LogP contribution in [0.5, 0.6) is 0 Å². The molecule has 0 bridgehead atoms. The standard InChI is InChI=1S/C5H14NO.Cu/c1-6(2,3)4-5-7;/h7H,4-5H2,1-3H3;/q+1;+2. The molecule has 0 amide bonds. The second-order valence-electron chi connectivity index (χ2n) is 2.74. The van der Waals surface area contributed by atoms with Gasteiger partial charge in [-0.05, 0) is 0 Å². The predicted molar refractivity (Wildman–Crippen MR) is 30.0 cm³/mol. The van der Waals surface area contributed by atoms with E-state index < -0.39 is 0 Å². The van der Waals surface area contributed by atoms with E-state index >= 15 is 0 Å². The Hall–Kier alpha value is 0.439. The van der Waals surface area contributed by atoms with Gasteiger partial charge in [-0.1, -0.05) is 0 Å². The molecule has 53 valence electrons. The van der Waals surface area contributed by atoms with Crippen molar-refractivity contribution in [2.75, 3.05) is 34.3 Å². The van der Waals surface area contributed by atoms with Crippen LogP contribution in [0.1, 0.15) is 0 Å². The molecule has 0 heterocycles. The van der Waals surface area contributed by atoms with E-state index in [1.807, 2.05) is 0 Å². The third-order valence-corrected chi connectivity index (χ3v) is 0.771. The van der Waals surface area contributed by atoms with Gasteiger partial charge in [-0.3, -0.25) is 0 Å². The van der Waals surface area contributed by atoms with Crippen molar-refractivity contribution >= 4 is 0 Å². The number of hydrogen-bond donors (Lipinski definition) is 1. The number of aliphatic hydroxyl groups excluding tert-OH is 1. The molecule has 0 aromatic carbocycles. The zero-order valence-corrected chi connectivity index (χ0v) is 6.55. The molecule has 0 atom stereocenters. The molecule has 8 heavy (non-hydrogen) atoms. The summed E-state index contributed by atoms with van der Waals surface area (Å²) in [5, 5.41) is 8.39. The average Bonchev–Trinajstić information content (AvgIpc) is 1.30. The Labute approximate surface area is 61.6 Å². The maximum atomic E-state index is 8.39. The van der Waals surface area contributed by atoms with Crippen LogP contribution < -0.4 is 0 Å². The zero-order valence-electron chi connectivity index (χ0n) is 5.61. The van der Waals surface area contributed by atoms with Gasteiger partial charge in [-0.25, -0.2) is 0 Å². The molecule has 0 aliphatic rings. The first kappa shape index (κ1) is 11.3. The van der Waals surface area contributed by atoms with Crippen LogP contribution >= 0.6 is 0 Å². The van der Waals surface area contributed by atoms with E-state index in [4.69, 9.17) is 5.11 Å². The molecule has 0 fully saturated rings. The Balaban J connectivity index is 0. The molecular formula is C5H14CuNO+3. The van der Waals surface area contributed by atoms with Crippen molar-refractivity contribution in [1.29, 1.82) is 0 Å². The van der Waals surface area contributed by atoms with E-state index in [1.165, 1.54) is 0 Å². The van der Waals surface area contributed by atoms with Crippen LogP contribution in [-0.4, -0.2) is 43.9 Å². The van der Waals surface area contributed by atoms with Crippen molar-refractivity contribution < 1.29 is 26.7 Å². The maximum Gasteiger partial charge on any atom is 2.00 e. The molecule has 2 nitrogen and oxygen atoms in total. The van der Waals surface area contributed by atoms with E-state index in [2.05, 4.69) is 21.1 Å². The van der Waals surface area contributed by atoms with E-state index in [1.54, 1.807) is 0 Å². The summed E-state index contributed by atoms with van der Waals surface area (Å²) in [5.74, 6) is 0. The van der Waals surface area contributed by atoms with E-state index in [9.17, 15) is 0 Å². The van der Waals surface area contributed by atoms with Crippen LogP contribution in [0.4, 0.5) is 0 Å². The fourth-order valence-corrected chi connectivity index (χ4v) is 0.300. The first-order valence-corrected chi connectivity index (χ1v) is 2.47. The molecule has 1 radical (unpaired) electrons. The van der Waals surface area contributed by atoms with Crippen molar-refractivity contribution in [2.45, 2.75) is 0 Å². The molecule has 0 aromatic heterocycles. The smallest absolute Gasteiger partial charge is 0.391 e. The fraction of sp³-hybridized carbons (Fsp3) is 1.00. The quantitative estimate of drug-likeness (QED) is 0.442. The van der Waals surface area contributed by atoms with Crippen molar-refractivity contribution in [2.24, 2.45) is 0 Å². The van der Waals surface area contributed by atoms with Gasteiger partial charge in [0, 0.05) is 0 Å². The van der Waals surface area contributed by atoms with Gasteiger partial charge in [0.15, 0.2) is 0 Å². The number of hydrogen-bond acceptors (Lipinski definition) is 1. The van der Waals surface area contributed by atoms with Crippen LogP contribution in [0.15, 0.2) is 0 Å². The number of rotatable bonds is 2. The van der Waals surface area contributed by atoms with Crippen molar-refractivity contribution in [1.82, 2.24) is 0 Å². The first-order chi connectivity index (χ1) is 3.06. The molecule has 0 spiro atoms. The summed E-state index contributed by atoms with van der Waals surface area (Å²) in [6.45, 7) is 1.11. The van der Waals surface area contributed by atoms with Crippen molar-refractivity contribution in [3.63, 3.8) is 0 Å². The molecule has 0 saturated heterocycles. The molecule has 0 saturated carbocycles. The van der Waals surface area contributed by atoms with E-state index in [0.717, 1.165) is 11.0 Å². The second kappa shape index (κ2) is 4.33. The predicted octanol–water partition coefficient (Wildman–Crippen LogP) is -0.318. The van der Waals surface area contributed by atoms with E-state index in [0.29, 0.717) is 0 Å². The summed E-state index contributed by atoms with van der Waals surface area (Å²) in [6.07, 6.45) is 0. The Morgan fingerprint density at radius 2 is 1.62 bits per heavy atom. The van der Waals surface area contributed by atoms with Crippen LogP contribution in [-0.2, 0) is 17.1 Å². The van der Waals surface area contributed by atoms with Crippen LogP contribution in [0.25, 0.3) is 0 Å². The summed E-state index contributed by atoms with van der Waals surface area (Å²) in [4.78, 5) is 0. The minimum absolute atomic E-state index is 0. The van der Waals surface area contributed by atoms with Crippen LogP contribution in [0.2, 0.25) is 0 Å². The molecule has 0 rings (SSSR count). The van der Waals surface area contributed by atoms with Crippen molar-refractivity contribution in [3.8, 4) is 0 Å². The van der Waals surface area contributed by atoms with Crippen molar-refractivity contribution in [3.05, 3.63) is 0 Å². The van der Waals surface area contributed by atoms with Gasteiger partial charge >= 0.3 is 17.1 Å². The largest absolute Gasteiger partial charge is 2.00 e. The minimum atomic E-state index is 0. The van der Waals surface area contributed by atoms with Gasteiger partial charge in [-0.15, -0.1) is 0 Å². The third kappa shape index (κ3) is 9.67. The van der Waals surface area contributed by atoms with Crippen LogP contribution in [0.3, 0.4) is 0 Å². The zero-order chi connectivity index (χ0) is 5.91. The van der Waals surface area contributed by atoms with Gasteiger partial charge in [0.25, 0.3) is 0 Å². The van der Waals surface area contributed by atoms with Gasteiger partial charge < -0.3 is 9.59 Å². The average molecular weight is 168 g/mol. The van der Waals surface area contributed by atoms with Gasteiger partial charge in [0.05, 0.1) is 27.7 Å². The number of aliphatic hydroxyl groups is 1. The summed E-state index contributed by atoms with van der Waals surface area (Å²) in [6, 6.07) is 0. The number of quaternary nitrogens is 1. The third-order valence-electron chi connectivity index (χ3n) is 0.771. The fourth-order valence-electron chi connectivity index (χ4n) is 0.300. The minimum Gasteiger partial charge on any atom is -0.391 e. The van der Waals surface area contributed by atoms with E-state index in [-0.39, 0.29) is 23.7 Å². The molecule has 0 aromatic rings. The molecule has 1 N–H and O–H groups in total. The Bertz CT molecular complexity index is 50.9. The topological polar surface area (TPSA) is 20.2 Å². The van der Waals surface area contributed by atoms with Gasteiger partial charge in [0.1, 0.15) is 6.54 Å². The van der Waals surface area contributed by atoms with Gasteiger partial charge in [0.2, 0.25) is 0 Å². The Kier molecular flexibility index (Phi) is 6.10. The second-order valence-corrected chi connectivity index (χ2v) is 2.74. The van der Waals surface area contributed by atoms with Crippen LogP contribution in [0, 0.1) is 0 Å². The molecule has 0 unspecified atom stereocenters. The summed E-state index contributed by atoms with van der Waals surface area (Å²) in [7, 11) is 6.16. The molecular weight excluding hydrogens is 154 g/mol. The normalized spacial score (nSPS) is 10.5. The summed E-state index contributed by atoms with van der Waals surface area (Å²) < 4.78 is 0.844. The molecule has 0 aliphatic heterocycles. The molecule has 3 heteroatoms. The Morgan fingerprint density at radius 3 is 1.62 bits per heavy atom. The van der Waals surface area contributed by atoms with Gasteiger partial charge in [-0.2, -0.15) is 0 Å².